The molecule has 1 aromatic rings. The van der Waals surface area contributed by atoms with Crippen LogP contribution >= 0.6 is 0 Å². The molecule has 1 atom stereocenters. The molecule has 0 saturated carbocycles. The number of urea groups is 1. The summed E-state index contributed by atoms with van der Waals surface area (Å²) in [4.78, 5) is 24.2. The molecule has 2 N–H and O–H groups in total. The van der Waals surface area contributed by atoms with E-state index in [9.17, 15) is 9.59 Å². The summed E-state index contributed by atoms with van der Waals surface area (Å²) in [5, 5.41) is 11.6. The van der Waals surface area contributed by atoms with Crippen LogP contribution in [-0.4, -0.2) is 30.7 Å². The molecule has 1 unspecified atom stereocenters. The number of carbonyl (C=O) groups excluding carboxylic acids is 1. The third-order valence-electron chi connectivity index (χ3n) is 3.29. The minimum Gasteiger partial charge on any atom is -0.481 e. The first-order valence-electron chi connectivity index (χ1n) is 6.73. The van der Waals surface area contributed by atoms with Gasteiger partial charge in [0.2, 0.25) is 0 Å². The first-order chi connectivity index (χ1) is 9.43. The second kappa shape index (κ2) is 7.53. The van der Waals surface area contributed by atoms with Gasteiger partial charge in [-0.1, -0.05) is 25.1 Å². The number of aliphatic carboxylic acids is 1. The van der Waals surface area contributed by atoms with E-state index in [0.29, 0.717) is 19.4 Å². The standard InChI is InChI=1S/C15H22N2O3/c1-11-7-4-5-9-13(11)17(3)15(20)16-10-6-8-12(2)14(18)19/h4-5,7,9,12H,6,8,10H2,1-3H3,(H,16,20)(H,18,19). The molecule has 5 heteroatoms. The SMILES string of the molecule is Cc1ccccc1N(C)C(=O)NCCCC(C)C(=O)O. The van der Waals surface area contributed by atoms with Gasteiger partial charge in [0.1, 0.15) is 0 Å². The molecule has 5 nitrogen and oxygen atoms in total. The van der Waals surface area contributed by atoms with Crippen molar-refractivity contribution in [1.29, 1.82) is 0 Å². The van der Waals surface area contributed by atoms with Crippen molar-refractivity contribution >= 4 is 17.7 Å². The van der Waals surface area contributed by atoms with Crippen LogP contribution in [0.5, 0.6) is 0 Å². The van der Waals surface area contributed by atoms with E-state index in [1.165, 1.54) is 0 Å². The maximum absolute atomic E-state index is 12.0. The molecule has 0 aliphatic heterocycles. The smallest absolute Gasteiger partial charge is 0.321 e. The number of carboxylic acids is 1. The molecule has 0 heterocycles. The molecule has 0 aliphatic rings. The number of aryl methyl sites for hydroxylation is 1. The Labute approximate surface area is 119 Å². The van der Waals surface area contributed by atoms with Gasteiger partial charge >= 0.3 is 12.0 Å². The van der Waals surface area contributed by atoms with Crippen molar-refractivity contribution in [3.05, 3.63) is 29.8 Å². The quantitative estimate of drug-likeness (QED) is 0.786. The zero-order valence-electron chi connectivity index (χ0n) is 12.2. The number of hydrogen-bond donors (Lipinski definition) is 2. The maximum Gasteiger partial charge on any atom is 0.321 e. The lowest BCUT2D eigenvalue weighted by molar-refractivity contribution is -0.141. The maximum atomic E-state index is 12.0. The highest BCUT2D eigenvalue weighted by atomic mass is 16.4. The van der Waals surface area contributed by atoms with Crippen molar-refractivity contribution in [1.82, 2.24) is 5.32 Å². The van der Waals surface area contributed by atoms with Gasteiger partial charge in [-0.15, -0.1) is 0 Å². The van der Waals surface area contributed by atoms with Crippen LogP contribution in [-0.2, 0) is 4.79 Å². The summed E-state index contributed by atoms with van der Waals surface area (Å²) in [6.07, 6.45) is 1.21. The molecule has 1 rings (SSSR count). The number of nitrogens with one attached hydrogen (secondary N) is 1. The Kier molecular flexibility index (Phi) is 6.03. The third-order valence-corrected chi connectivity index (χ3v) is 3.29. The molecule has 0 aromatic heterocycles. The van der Waals surface area contributed by atoms with Gasteiger partial charge in [-0.3, -0.25) is 9.69 Å². The molecule has 0 fully saturated rings. The number of anilines is 1. The van der Waals surface area contributed by atoms with E-state index in [1.807, 2.05) is 31.2 Å². The minimum atomic E-state index is -0.798. The molecule has 2 amide bonds. The van der Waals surface area contributed by atoms with Crippen LogP contribution in [0, 0.1) is 12.8 Å². The van der Waals surface area contributed by atoms with Crippen LogP contribution in [0.3, 0.4) is 0 Å². The first-order valence-corrected chi connectivity index (χ1v) is 6.73. The predicted molar refractivity (Wildman–Crippen MR) is 79.0 cm³/mol. The topological polar surface area (TPSA) is 69.6 Å². The summed E-state index contributed by atoms with van der Waals surface area (Å²) in [5.41, 5.74) is 1.90. The highest BCUT2D eigenvalue weighted by molar-refractivity contribution is 5.92. The summed E-state index contributed by atoms with van der Waals surface area (Å²) in [6.45, 7) is 4.10. The van der Waals surface area contributed by atoms with Gasteiger partial charge in [0.15, 0.2) is 0 Å². The monoisotopic (exact) mass is 278 g/mol. The molecular weight excluding hydrogens is 256 g/mol. The molecule has 0 radical (unpaired) electrons. The number of carboxylic acid groups (broad SMARTS) is 1. The number of rotatable bonds is 6. The number of para-hydroxylation sites is 1. The van der Waals surface area contributed by atoms with E-state index in [1.54, 1.807) is 18.9 Å². The number of hydrogen-bond acceptors (Lipinski definition) is 2. The summed E-state index contributed by atoms with van der Waals surface area (Å²) in [6, 6.07) is 7.48. The van der Waals surface area contributed by atoms with Crippen LogP contribution in [0.1, 0.15) is 25.3 Å². The Hall–Kier alpha value is -2.04. The predicted octanol–water partition coefficient (Wildman–Crippen LogP) is 2.64. The van der Waals surface area contributed by atoms with E-state index in [2.05, 4.69) is 5.32 Å². The van der Waals surface area contributed by atoms with Gasteiger partial charge in [-0.2, -0.15) is 0 Å². The van der Waals surface area contributed by atoms with Crippen molar-refractivity contribution < 1.29 is 14.7 Å². The molecular formula is C15H22N2O3. The molecule has 0 aliphatic carbocycles. The van der Waals surface area contributed by atoms with E-state index in [0.717, 1.165) is 11.3 Å². The Balaban J connectivity index is 2.40. The fraction of sp³-hybridized carbons (Fsp3) is 0.467. The fourth-order valence-electron chi connectivity index (χ4n) is 1.89. The van der Waals surface area contributed by atoms with E-state index in [-0.39, 0.29) is 11.9 Å². The highest BCUT2D eigenvalue weighted by Crippen LogP contribution is 2.17. The largest absolute Gasteiger partial charge is 0.481 e. The van der Waals surface area contributed by atoms with Crippen molar-refractivity contribution in [3.63, 3.8) is 0 Å². The van der Waals surface area contributed by atoms with E-state index >= 15 is 0 Å². The van der Waals surface area contributed by atoms with Crippen molar-refractivity contribution in [3.8, 4) is 0 Å². The van der Waals surface area contributed by atoms with Gasteiger partial charge in [0.25, 0.3) is 0 Å². The zero-order chi connectivity index (χ0) is 15.1. The van der Waals surface area contributed by atoms with Gasteiger partial charge in [-0.05, 0) is 31.4 Å². The van der Waals surface area contributed by atoms with Crippen molar-refractivity contribution in [2.45, 2.75) is 26.7 Å². The second-order valence-corrected chi connectivity index (χ2v) is 4.96. The van der Waals surface area contributed by atoms with Crippen LogP contribution in [0.15, 0.2) is 24.3 Å². The average Bonchev–Trinajstić information content (AvgIpc) is 2.42. The van der Waals surface area contributed by atoms with Crippen LogP contribution in [0.25, 0.3) is 0 Å². The Bertz CT molecular complexity index is 474. The lowest BCUT2D eigenvalue weighted by atomic mass is 10.1. The Morgan fingerprint density at radius 2 is 2.00 bits per heavy atom. The third kappa shape index (κ3) is 4.57. The molecule has 1 aromatic carbocycles. The number of benzene rings is 1. The summed E-state index contributed by atoms with van der Waals surface area (Å²) >= 11 is 0. The fourth-order valence-corrected chi connectivity index (χ4v) is 1.89. The van der Waals surface area contributed by atoms with E-state index < -0.39 is 5.97 Å². The molecule has 0 spiro atoms. The highest BCUT2D eigenvalue weighted by Gasteiger charge is 2.13. The lowest BCUT2D eigenvalue weighted by Gasteiger charge is -2.20. The molecule has 0 bridgehead atoms. The van der Waals surface area contributed by atoms with Gasteiger partial charge < -0.3 is 10.4 Å². The van der Waals surface area contributed by atoms with Crippen LogP contribution in [0.2, 0.25) is 0 Å². The number of nitrogens with zero attached hydrogens (tertiary/aromatic N) is 1. The number of amides is 2. The van der Waals surface area contributed by atoms with Gasteiger partial charge in [-0.25, -0.2) is 4.79 Å². The summed E-state index contributed by atoms with van der Waals surface area (Å²) in [7, 11) is 1.72. The van der Waals surface area contributed by atoms with Gasteiger partial charge in [0, 0.05) is 19.3 Å². The molecule has 20 heavy (non-hydrogen) atoms. The van der Waals surface area contributed by atoms with Crippen LogP contribution < -0.4 is 10.2 Å². The van der Waals surface area contributed by atoms with Crippen molar-refractivity contribution in [2.75, 3.05) is 18.5 Å². The average molecular weight is 278 g/mol. The summed E-state index contributed by atoms with van der Waals surface area (Å²) < 4.78 is 0. The summed E-state index contributed by atoms with van der Waals surface area (Å²) in [5.74, 6) is -1.17. The zero-order valence-corrected chi connectivity index (χ0v) is 12.2. The Morgan fingerprint density at radius 1 is 1.35 bits per heavy atom. The van der Waals surface area contributed by atoms with Crippen LogP contribution in [0.4, 0.5) is 10.5 Å². The van der Waals surface area contributed by atoms with E-state index in [4.69, 9.17) is 5.11 Å². The molecule has 0 saturated heterocycles. The van der Waals surface area contributed by atoms with Crippen molar-refractivity contribution in [2.24, 2.45) is 5.92 Å². The lowest BCUT2D eigenvalue weighted by Crippen LogP contribution is -2.38. The number of carbonyl (C=O) groups is 2. The normalized spacial score (nSPS) is 11.8. The van der Waals surface area contributed by atoms with Gasteiger partial charge in [0.05, 0.1) is 5.92 Å². The first kappa shape index (κ1) is 16.0. The minimum absolute atomic E-state index is 0.178. The Morgan fingerprint density at radius 3 is 2.60 bits per heavy atom. The molecule has 110 valence electrons. The second-order valence-electron chi connectivity index (χ2n) is 4.96.